The highest BCUT2D eigenvalue weighted by Gasteiger charge is 2.15. The lowest BCUT2D eigenvalue weighted by atomic mass is 10.1. The summed E-state index contributed by atoms with van der Waals surface area (Å²) in [5.41, 5.74) is 0.299. The fraction of sp³-hybridized carbons (Fsp3) is 0.267. The van der Waals surface area contributed by atoms with Crippen LogP contribution in [0.2, 0.25) is 0 Å². The number of hydrogen-bond donors (Lipinski definition) is 1. The third-order valence-corrected chi connectivity index (χ3v) is 2.89. The molecule has 0 radical (unpaired) electrons. The standard InChI is InChI=1S/C15H15NO5/c1-3-20-14(18)9-5-6-10-12(7-9)16-8-11(13(10)17)15(19)21-4-2/h5-8H,3-4H2,1-2H3,(H,16,17). The van der Waals surface area contributed by atoms with E-state index >= 15 is 0 Å². The number of fused-ring (bicyclic) bond motifs is 1. The summed E-state index contributed by atoms with van der Waals surface area (Å²) in [4.78, 5) is 38.3. The Morgan fingerprint density at radius 3 is 2.43 bits per heavy atom. The van der Waals surface area contributed by atoms with Gasteiger partial charge in [0.1, 0.15) is 5.56 Å². The van der Waals surface area contributed by atoms with E-state index in [0.29, 0.717) is 16.5 Å². The molecule has 1 aromatic heterocycles. The van der Waals surface area contributed by atoms with Crippen LogP contribution in [0.4, 0.5) is 0 Å². The molecule has 0 amide bonds. The first kappa shape index (κ1) is 14.8. The van der Waals surface area contributed by atoms with Gasteiger partial charge >= 0.3 is 11.9 Å². The summed E-state index contributed by atoms with van der Waals surface area (Å²) in [5, 5.41) is 0.314. The van der Waals surface area contributed by atoms with Gasteiger partial charge in [-0.2, -0.15) is 0 Å². The Morgan fingerprint density at radius 1 is 1.10 bits per heavy atom. The van der Waals surface area contributed by atoms with Gasteiger partial charge < -0.3 is 14.5 Å². The number of carbonyl (C=O) groups excluding carboxylic acids is 2. The Balaban J connectivity index is 2.48. The molecular weight excluding hydrogens is 274 g/mol. The molecule has 2 aromatic rings. The maximum absolute atomic E-state index is 12.2. The fourth-order valence-corrected chi connectivity index (χ4v) is 1.92. The number of H-pyrrole nitrogens is 1. The van der Waals surface area contributed by atoms with Crippen molar-refractivity contribution in [3.05, 3.63) is 45.7 Å². The molecule has 0 unspecified atom stereocenters. The number of esters is 2. The molecule has 0 spiro atoms. The van der Waals surface area contributed by atoms with Crippen LogP contribution in [0.1, 0.15) is 34.6 Å². The van der Waals surface area contributed by atoms with E-state index in [1.165, 1.54) is 24.4 Å². The summed E-state index contributed by atoms with van der Waals surface area (Å²) < 4.78 is 9.71. The summed E-state index contributed by atoms with van der Waals surface area (Å²) in [6.45, 7) is 3.85. The SMILES string of the molecule is CCOC(=O)c1ccc2c(=O)c(C(=O)OCC)c[nH]c2c1. The van der Waals surface area contributed by atoms with Crippen LogP contribution in [-0.2, 0) is 9.47 Å². The summed E-state index contributed by atoms with van der Waals surface area (Å²) in [5.74, 6) is -1.13. The van der Waals surface area contributed by atoms with Crippen molar-refractivity contribution in [2.75, 3.05) is 13.2 Å². The van der Waals surface area contributed by atoms with Crippen molar-refractivity contribution in [2.45, 2.75) is 13.8 Å². The Morgan fingerprint density at radius 2 is 1.76 bits per heavy atom. The number of aromatic amines is 1. The van der Waals surface area contributed by atoms with Crippen LogP contribution >= 0.6 is 0 Å². The highest BCUT2D eigenvalue weighted by Crippen LogP contribution is 2.12. The molecule has 2 rings (SSSR count). The minimum absolute atomic E-state index is 0.0618. The molecule has 0 aliphatic rings. The zero-order valence-corrected chi connectivity index (χ0v) is 11.8. The number of nitrogens with one attached hydrogen (secondary N) is 1. The average molecular weight is 289 g/mol. The van der Waals surface area contributed by atoms with E-state index in [4.69, 9.17) is 9.47 Å². The maximum Gasteiger partial charge on any atom is 0.343 e. The van der Waals surface area contributed by atoms with E-state index in [0.717, 1.165) is 0 Å². The summed E-state index contributed by atoms with van der Waals surface area (Å²) in [6.07, 6.45) is 1.29. The summed E-state index contributed by atoms with van der Waals surface area (Å²) in [6, 6.07) is 4.50. The molecule has 0 aliphatic carbocycles. The van der Waals surface area contributed by atoms with Gasteiger partial charge in [-0.15, -0.1) is 0 Å². The molecule has 0 bridgehead atoms. The van der Waals surface area contributed by atoms with E-state index in [2.05, 4.69) is 4.98 Å². The zero-order chi connectivity index (χ0) is 15.4. The van der Waals surface area contributed by atoms with Gasteiger partial charge in [-0.25, -0.2) is 9.59 Å². The van der Waals surface area contributed by atoms with Crippen molar-refractivity contribution in [3.8, 4) is 0 Å². The topological polar surface area (TPSA) is 85.5 Å². The second kappa shape index (κ2) is 6.21. The van der Waals surface area contributed by atoms with Crippen molar-refractivity contribution in [2.24, 2.45) is 0 Å². The number of aromatic nitrogens is 1. The lowest BCUT2D eigenvalue weighted by molar-refractivity contribution is 0.0515. The molecule has 6 nitrogen and oxygen atoms in total. The van der Waals surface area contributed by atoms with Crippen molar-refractivity contribution in [1.29, 1.82) is 0 Å². The molecular formula is C15H15NO5. The van der Waals surface area contributed by atoms with E-state index < -0.39 is 17.4 Å². The van der Waals surface area contributed by atoms with Gasteiger partial charge in [0.15, 0.2) is 0 Å². The van der Waals surface area contributed by atoms with Crippen LogP contribution < -0.4 is 5.43 Å². The maximum atomic E-state index is 12.2. The van der Waals surface area contributed by atoms with Crippen molar-refractivity contribution in [3.63, 3.8) is 0 Å². The number of rotatable bonds is 4. The van der Waals surface area contributed by atoms with Crippen LogP contribution in [0.15, 0.2) is 29.2 Å². The highest BCUT2D eigenvalue weighted by atomic mass is 16.5. The number of hydrogen-bond acceptors (Lipinski definition) is 5. The normalized spacial score (nSPS) is 10.4. The molecule has 1 N–H and O–H groups in total. The van der Waals surface area contributed by atoms with Gasteiger partial charge in [0.2, 0.25) is 5.43 Å². The minimum atomic E-state index is -0.671. The fourth-order valence-electron chi connectivity index (χ4n) is 1.92. The zero-order valence-electron chi connectivity index (χ0n) is 11.8. The second-order valence-corrected chi connectivity index (χ2v) is 4.23. The van der Waals surface area contributed by atoms with Crippen LogP contribution in [0.5, 0.6) is 0 Å². The number of pyridine rings is 1. The Kier molecular flexibility index (Phi) is 4.37. The number of carbonyl (C=O) groups is 2. The van der Waals surface area contributed by atoms with Crippen LogP contribution in [-0.4, -0.2) is 30.1 Å². The van der Waals surface area contributed by atoms with Crippen molar-refractivity contribution in [1.82, 2.24) is 4.98 Å². The van der Waals surface area contributed by atoms with Crippen molar-refractivity contribution >= 4 is 22.8 Å². The Labute approximate surface area is 120 Å². The van der Waals surface area contributed by atoms with Crippen LogP contribution in [0, 0.1) is 0 Å². The number of ether oxygens (including phenoxy) is 2. The molecule has 21 heavy (non-hydrogen) atoms. The van der Waals surface area contributed by atoms with E-state index in [9.17, 15) is 14.4 Å². The van der Waals surface area contributed by atoms with Gasteiger partial charge in [0.25, 0.3) is 0 Å². The lowest BCUT2D eigenvalue weighted by Gasteiger charge is -2.05. The largest absolute Gasteiger partial charge is 0.462 e. The highest BCUT2D eigenvalue weighted by molar-refractivity contribution is 5.97. The smallest absolute Gasteiger partial charge is 0.343 e. The van der Waals surface area contributed by atoms with Gasteiger partial charge in [-0.3, -0.25) is 4.79 Å². The van der Waals surface area contributed by atoms with Gasteiger partial charge in [-0.1, -0.05) is 0 Å². The van der Waals surface area contributed by atoms with Crippen LogP contribution in [0.25, 0.3) is 10.9 Å². The third kappa shape index (κ3) is 2.94. The first-order chi connectivity index (χ1) is 10.1. The summed E-state index contributed by atoms with van der Waals surface area (Å²) >= 11 is 0. The molecule has 1 heterocycles. The Hall–Kier alpha value is -2.63. The predicted molar refractivity (Wildman–Crippen MR) is 76.5 cm³/mol. The molecule has 1 aromatic carbocycles. The van der Waals surface area contributed by atoms with Crippen molar-refractivity contribution < 1.29 is 19.1 Å². The van der Waals surface area contributed by atoms with Crippen LogP contribution in [0.3, 0.4) is 0 Å². The quantitative estimate of drug-likeness (QED) is 0.869. The summed E-state index contributed by atoms with van der Waals surface area (Å²) in [7, 11) is 0. The second-order valence-electron chi connectivity index (χ2n) is 4.23. The first-order valence-corrected chi connectivity index (χ1v) is 6.58. The van der Waals surface area contributed by atoms with Gasteiger partial charge in [0, 0.05) is 11.6 Å². The predicted octanol–water partition coefficient (Wildman–Crippen LogP) is 1.88. The van der Waals surface area contributed by atoms with E-state index in [-0.39, 0.29) is 18.8 Å². The molecule has 0 saturated heterocycles. The molecule has 0 fully saturated rings. The van der Waals surface area contributed by atoms with E-state index in [1.807, 2.05) is 0 Å². The molecule has 110 valence electrons. The van der Waals surface area contributed by atoms with Gasteiger partial charge in [-0.05, 0) is 32.0 Å². The molecule has 0 saturated carbocycles. The average Bonchev–Trinajstić information content (AvgIpc) is 2.47. The third-order valence-electron chi connectivity index (χ3n) is 2.89. The number of benzene rings is 1. The molecule has 6 heteroatoms. The monoisotopic (exact) mass is 289 g/mol. The first-order valence-electron chi connectivity index (χ1n) is 6.58. The minimum Gasteiger partial charge on any atom is -0.462 e. The molecule has 0 atom stereocenters. The van der Waals surface area contributed by atoms with Gasteiger partial charge in [0.05, 0.1) is 24.3 Å². The Bertz CT molecular complexity index is 747. The molecule has 0 aliphatic heterocycles. The lowest BCUT2D eigenvalue weighted by Crippen LogP contribution is -2.18. The van der Waals surface area contributed by atoms with E-state index in [1.54, 1.807) is 13.8 Å².